The number of rotatable bonds is 3. The Kier molecular flexibility index (Phi) is 5.54. The lowest BCUT2D eigenvalue weighted by Gasteiger charge is -2.28. The summed E-state index contributed by atoms with van der Waals surface area (Å²) in [6.07, 6.45) is 8.20. The quantitative estimate of drug-likeness (QED) is 0.828. The summed E-state index contributed by atoms with van der Waals surface area (Å²) in [5.41, 5.74) is 0.433. The van der Waals surface area contributed by atoms with Crippen LogP contribution >= 0.6 is 39.3 Å². The van der Waals surface area contributed by atoms with Gasteiger partial charge in [-0.05, 0) is 47.5 Å². The van der Waals surface area contributed by atoms with Gasteiger partial charge in [0.25, 0.3) is 5.91 Å². The number of hydrogen-bond acceptors (Lipinski definition) is 3. The predicted octanol–water partition coefficient (Wildman–Crippen LogP) is 3.90. The molecule has 1 amide bonds. The van der Waals surface area contributed by atoms with E-state index >= 15 is 0 Å². The van der Waals surface area contributed by atoms with E-state index in [1.54, 1.807) is 12.3 Å². The van der Waals surface area contributed by atoms with Crippen molar-refractivity contribution in [1.29, 1.82) is 0 Å². The average molecular weight is 364 g/mol. The second-order valence-electron chi connectivity index (χ2n) is 4.69. The lowest BCUT2D eigenvalue weighted by molar-refractivity contribution is 0.0928. The van der Waals surface area contributed by atoms with Gasteiger partial charge in [-0.25, -0.2) is 4.98 Å². The first-order chi connectivity index (χ1) is 9.10. The number of pyridine rings is 1. The molecule has 2 atom stereocenters. The Balaban J connectivity index is 2.02. The summed E-state index contributed by atoms with van der Waals surface area (Å²) in [5, 5.41) is 3.97. The Hall–Kier alpha value is -0.260. The number of carbonyl (C=O) groups excluding carboxylic acids is 1. The largest absolute Gasteiger partial charge is 0.349 e. The first-order valence-corrected chi connectivity index (χ1v) is 8.70. The zero-order valence-electron chi connectivity index (χ0n) is 10.7. The monoisotopic (exact) mass is 362 g/mol. The van der Waals surface area contributed by atoms with Gasteiger partial charge in [0, 0.05) is 22.0 Å². The Bertz CT molecular complexity index is 472. The van der Waals surface area contributed by atoms with Gasteiger partial charge in [-0.1, -0.05) is 18.0 Å². The fourth-order valence-electron chi connectivity index (χ4n) is 2.34. The Morgan fingerprint density at radius 3 is 3.11 bits per heavy atom. The van der Waals surface area contributed by atoms with Crippen molar-refractivity contribution < 1.29 is 4.79 Å². The van der Waals surface area contributed by atoms with Crippen LogP contribution in [0, 0.1) is 0 Å². The number of carbonyl (C=O) groups is 1. The molecule has 0 aliphatic heterocycles. The van der Waals surface area contributed by atoms with Crippen LogP contribution in [0.2, 0.25) is 5.15 Å². The topological polar surface area (TPSA) is 42.0 Å². The molecule has 0 saturated heterocycles. The van der Waals surface area contributed by atoms with Gasteiger partial charge in [0.05, 0.1) is 5.56 Å². The maximum absolute atomic E-state index is 12.2. The zero-order chi connectivity index (χ0) is 13.8. The first-order valence-electron chi connectivity index (χ1n) is 6.25. The van der Waals surface area contributed by atoms with E-state index in [1.807, 2.05) is 11.8 Å². The van der Waals surface area contributed by atoms with E-state index in [4.69, 9.17) is 11.6 Å². The molecule has 1 fully saturated rings. The molecule has 0 aromatic carbocycles. The third-order valence-corrected chi connectivity index (χ3v) is 5.17. The van der Waals surface area contributed by atoms with E-state index in [0.29, 0.717) is 10.8 Å². The highest BCUT2D eigenvalue weighted by Crippen LogP contribution is 2.27. The third kappa shape index (κ3) is 4.10. The summed E-state index contributed by atoms with van der Waals surface area (Å²) < 4.78 is 0.757. The van der Waals surface area contributed by atoms with Crippen molar-refractivity contribution in [2.24, 2.45) is 0 Å². The summed E-state index contributed by atoms with van der Waals surface area (Å²) in [6, 6.07) is 1.95. The van der Waals surface area contributed by atoms with Gasteiger partial charge in [0.15, 0.2) is 0 Å². The standard InChI is InChI=1S/C13H16BrClN2OS/c1-19-10-4-2-3-9(6-10)17-13(18)11-5-8(14)7-16-12(11)15/h5,7,9-10H,2-4,6H2,1H3,(H,17,18). The van der Waals surface area contributed by atoms with Crippen molar-refractivity contribution >= 4 is 45.2 Å². The molecule has 1 aliphatic carbocycles. The van der Waals surface area contributed by atoms with E-state index < -0.39 is 0 Å². The van der Waals surface area contributed by atoms with Gasteiger partial charge < -0.3 is 5.32 Å². The second kappa shape index (κ2) is 6.95. The summed E-state index contributed by atoms with van der Waals surface area (Å²) in [6.45, 7) is 0. The van der Waals surface area contributed by atoms with E-state index in [2.05, 4.69) is 32.5 Å². The number of nitrogens with zero attached hydrogens (tertiary/aromatic N) is 1. The lowest BCUT2D eigenvalue weighted by Crippen LogP contribution is -2.39. The Morgan fingerprint density at radius 1 is 1.58 bits per heavy atom. The number of thioether (sulfide) groups is 1. The highest BCUT2D eigenvalue weighted by molar-refractivity contribution is 9.10. The van der Waals surface area contributed by atoms with Crippen LogP contribution < -0.4 is 5.32 Å². The molecule has 19 heavy (non-hydrogen) atoms. The average Bonchev–Trinajstić information content (AvgIpc) is 2.41. The molecule has 3 nitrogen and oxygen atoms in total. The van der Waals surface area contributed by atoms with Gasteiger partial charge in [0.1, 0.15) is 5.15 Å². The van der Waals surface area contributed by atoms with Gasteiger partial charge in [0.2, 0.25) is 0 Å². The van der Waals surface area contributed by atoms with Gasteiger partial charge in [-0.15, -0.1) is 0 Å². The molecule has 1 saturated carbocycles. The molecule has 1 N–H and O–H groups in total. The van der Waals surface area contributed by atoms with Crippen molar-refractivity contribution in [2.75, 3.05) is 6.26 Å². The van der Waals surface area contributed by atoms with Crippen LogP contribution in [0.25, 0.3) is 0 Å². The number of amides is 1. The molecule has 6 heteroatoms. The highest BCUT2D eigenvalue weighted by atomic mass is 79.9. The van der Waals surface area contributed by atoms with Crippen molar-refractivity contribution in [1.82, 2.24) is 10.3 Å². The first kappa shape index (κ1) is 15.1. The van der Waals surface area contributed by atoms with E-state index in [0.717, 1.165) is 17.3 Å². The Labute approximate surface area is 131 Å². The van der Waals surface area contributed by atoms with Crippen LogP contribution in [0.1, 0.15) is 36.0 Å². The van der Waals surface area contributed by atoms with E-state index in [1.165, 1.54) is 12.8 Å². The molecular formula is C13H16BrClN2OS. The number of halogens is 2. The lowest BCUT2D eigenvalue weighted by atomic mass is 9.95. The summed E-state index contributed by atoms with van der Waals surface area (Å²) in [5.74, 6) is -0.134. The third-order valence-electron chi connectivity index (χ3n) is 3.34. The molecule has 2 rings (SSSR count). The minimum Gasteiger partial charge on any atom is -0.349 e. The van der Waals surface area contributed by atoms with Crippen molar-refractivity contribution in [3.8, 4) is 0 Å². The molecule has 0 spiro atoms. The minimum atomic E-state index is -0.134. The molecule has 104 valence electrons. The van der Waals surface area contributed by atoms with Crippen LogP contribution in [0.15, 0.2) is 16.7 Å². The van der Waals surface area contributed by atoms with Gasteiger partial charge in [-0.2, -0.15) is 11.8 Å². The van der Waals surface area contributed by atoms with Crippen LogP contribution in [0.4, 0.5) is 0 Å². The second-order valence-corrected chi connectivity index (χ2v) is 7.10. The number of aromatic nitrogens is 1. The maximum Gasteiger partial charge on any atom is 0.254 e. The predicted molar refractivity (Wildman–Crippen MR) is 84.0 cm³/mol. The summed E-state index contributed by atoms with van der Waals surface area (Å²) in [4.78, 5) is 16.2. The minimum absolute atomic E-state index is 0.134. The van der Waals surface area contributed by atoms with Crippen molar-refractivity contribution in [2.45, 2.75) is 37.0 Å². The van der Waals surface area contributed by atoms with Crippen LogP contribution in [-0.4, -0.2) is 28.4 Å². The number of nitrogens with one attached hydrogen (secondary N) is 1. The normalized spacial score (nSPS) is 23.1. The fourth-order valence-corrected chi connectivity index (χ4v) is 3.68. The summed E-state index contributed by atoms with van der Waals surface area (Å²) >= 11 is 11.2. The molecule has 0 bridgehead atoms. The molecule has 0 radical (unpaired) electrons. The molecule has 1 aromatic rings. The van der Waals surface area contributed by atoms with E-state index in [9.17, 15) is 4.79 Å². The van der Waals surface area contributed by atoms with Crippen LogP contribution in [-0.2, 0) is 0 Å². The van der Waals surface area contributed by atoms with Crippen molar-refractivity contribution in [3.05, 3.63) is 27.5 Å². The van der Waals surface area contributed by atoms with Gasteiger partial charge in [-0.3, -0.25) is 4.79 Å². The van der Waals surface area contributed by atoms with Crippen molar-refractivity contribution in [3.63, 3.8) is 0 Å². The Morgan fingerprint density at radius 2 is 2.37 bits per heavy atom. The van der Waals surface area contributed by atoms with Gasteiger partial charge >= 0.3 is 0 Å². The smallest absolute Gasteiger partial charge is 0.254 e. The molecule has 1 heterocycles. The number of hydrogen-bond donors (Lipinski definition) is 1. The van der Waals surface area contributed by atoms with Crippen LogP contribution in [0.5, 0.6) is 0 Å². The van der Waals surface area contributed by atoms with Crippen LogP contribution in [0.3, 0.4) is 0 Å². The molecule has 1 aliphatic rings. The maximum atomic E-state index is 12.2. The fraction of sp³-hybridized carbons (Fsp3) is 0.538. The molecular weight excluding hydrogens is 348 g/mol. The zero-order valence-corrected chi connectivity index (χ0v) is 13.8. The summed E-state index contributed by atoms with van der Waals surface area (Å²) in [7, 11) is 0. The SMILES string of the molecule is CSC1CCCC(NC(=O)c2cc(Br)cnc2Cl)C1. The van der Waals surface area contributed by atoms with E-state index in [-0.39, 0.29) is 17.1 Å². The molecule has 2 unspecified atom stereocenters. The highest BCUT2D eigenvalue weighted by Gasteiger charge is 2.23. The molecule has 1 aromatic heterocycles.